The van der Waals surface area contributed by atoms with Crippen molar-refractivity contribution in [3.8, 4) is 16.9 Å². The molecule has 0 radical (unpaired) electrons. The summed E-state index contributed by atoms with van der Waals surface area (Å²) in [5, 5.41) is 15.9. The number of H-pyrrole nitrogens is 1. The van der Waals surface area contributed by atoms with Crippen LogP contribution in [-0.2, 0) is 0 Å². The quantitative estimate of drug-likeness (QED) is 0.275. The largest absolute Gasteiger partial charge is 0.497 e. The Kier molecular flexibility index (Phi) is 5.44. The van der Waals surface area contributed by atoms with Gasteiger partial charge in [-0.15, -0.1) is 0 Å². The molecule has 8 heteroatoms. The van der Waals surface area contributed by atoms with Crippen molar-refractivity contribution in [3.63, 3.8) is 0 Å². The van der Waals surface area contributed by atoms with Gasteiger partial charge in [0.2, 0.25) is 0 Å². The lowest BCUT2D eigenvalue weighted by atomic mass is 10.0. The van der Waals surface area contributed by atoms with Crippen LogP contribution in [-0.4, -0.2) is 29.1 Å². The van der Waals surface area contributed by atoms with Crippen molar-refractivity contribution >= 4 is 28.7 Å². The fourth-order valence-electron chi connectivity index (χ4n) is 3.28. The molecule has 0 aliphatic rings. The van der Waals surface area contributed by atoms with E-state index in [-0.39, 0.29) is 11.4 Å². The van der Waals surface area contributed by atoms with Gasteiger partial charge in [-0.3, -0.25) is 14.9 Å². The molecule has 31 heavy (non-hydrogen) atoms. The van der Waals surface area contributed by atoms with E-state index in [2.05, 4.69) is 15.5 Å². The highest BCUT2D eigenvalue weighted by Crippen LogP contribution is 2.34. The van der Waals surface area contributed by atoms with E-state index >= 15 is 0 Å². The van der Waals surface area contributed by atoms with Gasteiger partial charge in [0, 0.05) is 28.6 Å². The number of nitro groups is 1. The lowest BCUT2D eigenvalue weighted by molar-refractivity contribution is -0.384. The SMILES string of the molecule is COc1ccc(/C=N\NC(=O)c2[nH]c3ccc([N+](=O)[O-])cc3c2-c2ccccc2)cc1. The summed E-state index contributed by atoms with van der Waals surface area (Å²) in [6, 6.07) is 20.9. The molecule has 0 saturated heterocycles. The average Bonchev–Trinajstić information content (AvgIpc) is 3.19. The van der Waals surface area contributed by atoms with Crippen LogP contribution >= 0.6 is 0 Å². The summed E-state index contributed by atoms with van der Waals surface area (Å²) in [5.41, 5.74) is 5.49. The second-order valence-electron chi connectivity index (χ2n) is 6.70. The number of nitro benzene ring substituents is 1. The second-order valence-corrected chi connectivity index (χ2v) is 6.70. The number of amides is 1. The number of hydrogen-bond donors (Lipinski definition) is 2. The molecule has 0 atom stereocenters. The van der Waals surface area contributed by atoms with Gasteiger partial charge in [-0.05, 0) is 41.5 Å². The number of ether oxygens (including phenoxy) is 1. The third kappa shape index (κ3) is 4.13. The topological polar surface area (TPSA) is 110 Å². The number of aromatic nitrogens is 1. The molecule has 4 rings (SSSR count). The third-order valence-corrected chi connectivity index (χ3v) is 4.78. The Labute approximate surface area is 177 Å². The van der Waals surface area contributed by atoms with E-state index in [0.29, 0.717) is 16.5 Å². The molecule has 2 N–H and O–H groups in total. The minimum absolute atomic E-state index is 0.0480. The molecule has 0 unspecified atom stereocenters. The van der Waals surface area contributed by atoms with Gasteiger partial charge < -0.3 is 9.72 Å². The zero-order valence-electron chi connectivity index (χ0n) is 16.5. The summed E-state index contributed by atoms with van der Waals surface area (Å²) >= 11 is 0. The van der Waals surface area contributed by atoms with E-state index in [9.17, 15) is 14.9 Å². The van der Waals surface area contributed by atoms with E-state index < -0.39 is 10.8 Å². The number of hydrazone groups is 1. The van der Waals surface area contributed by atoms with Gasteiger partial charge in [-0.25, -0.2) is 5.43 Å². The molecule has 3 aromatic carbocycles. The van der Waals surface area contributed by atoms with E-state index in [0.717, 1.165) is 16.9 Å². The number of rotatable bonds is 6. The van der Waals surface area contributed by atoms with Crippen LogP contribution in [0.15, 0.2) is 77.9 Å². The summed E-state index contributed by atoms with van der Waals surface area (Å²) in [5.74, 6) is 0.267. The number of methoxy groups -OCH3 is 1. The number of hydrogen-bond acceptors (Lipinski definition) is 5. The number of non-ortho nitro benzene ring substituents is 1. The van der Waals surface area contributed by atoms with E-state index in [4.69, 9.17) is 4.74 Å². The zero-order valence-corrected chi connectivity index (χ0v) is 16.5. The van der Waals surface area contributed by atoms with Crippen LogP contribution in [0.3, 0.4) is 0 Å². The number of benzene rings is 3. The van der Waals surface area contributed by atoms with Gasteiger partial charge in [0.15, 0.2) is 0 Å². The minimum atomic E-state index is -0.458. The summed E-state index contributed by atoms with van der Waals surface area (Å²) in [7, 11) is 1.59. The summed E-state index contributed by atoms with van der Waals surface area (Å²) in [6.45, 7) is 0. The summed E-state index contributed by atoms with van der Waals surface area (Å²) < 4.78 is 5.12. The zero-order chi connectivity index (χ0) is 21.8. The average molecular weight is 414 g/mol. The first-order chi connectivity index (χ1) is 15.1. The van der Waals surface area contributed by atoms with Crippen LogP contribution in [0.25, 0.3) is 22.0 Å². The molecular weight excluding hydrogens is 396 g/mol. The number of aromatic amines is 1. The lowest BCUT2D eigenvalue weighted by Crippen LogP contribution is -2.18. The number of nitrogens with zero attached hydrogens (tertiary/aromatic N) is 2. The monoisotopic (exact) mass is 414 g/mol. The molecule has 0 aliphatic heterocycles. The highest BCUT2D eigenvalue weighted by atomic mass is 16.6. The maximum Gasteiger partial charge on any atom is 0.288 e. The predicted molar refractivity (Wildman–Crippen MR) is 118 cm³/mol. The van der Waals surface area contributed by atoms with Gasteiger partial charge >= 0.3 is 0 Å². The van der Waals surface area contributed by atoms with Crippen molar-refractivity contribution in [1.82, 2.24) is 10.4 Å². The lowest BCUT2D eigenvalue weighted by Gasteiger charge is -2.04. The maximum absolute atomic E-state index is 12.9. The highest BCUT2D eigenvalue weighted by molar-refractivity contribution is 6.10. The van der Waals surface area contributed by atoms with Gasteiger partial charge in [0.1, 0.15) is 11.4 Å². The van der Waals surface area contributed by atoms with Gasteiger partial charge in [-0.2, -0.15) is 5.10 Å². The Bertz CT molecular complexity index is 1280. The molecule has 8 nitrogen and oxygen atoms in total. The Morgan fingerprint density at radius 1 is 1.10 bits per heavy atom. The van der Waals surface area contributed by atoms with Gasteiger partial charge in [-0.1, -0.05) is 30.3 Å². The van der Waals surface area contributed by atoms with E-state index in [1.165, 1.54) is 18.3 Å². The molecule has 0 bridgehead atoms. The van der Waals surface area contributed by atoms with Crippen LogP contribution in [0.2, 0.25) is 0 Å². The molecule has 0 saturated carbocycles. The number of nitrogens with one attached hydrogen (secondary N) is 2. The van der Waals surface area contributed by atoms with Gasteiger partial charge in [0.25, 0.3) is 11.6 Å². The second kappa shape index (κ2) is 8.50. The van der Waals surface area contributed by atoms with Crippen molar-refractivity contribution < 1.29 is 14.5 Å². The molecule has 0 spiro atoms. The molecule has 1 aromatic heterocycles. The standard InChI is InChI=1S/C23H18N4O4/c1-31-18-10-7-15(8-11-18)14-24-26-23(28)22-21(16-5-3-2-4-6-16)19-13-17(27(29)30)9-12-20(19)25-22/h2-14,25H,1H3,(H,26,28)/b24-14-. The molecular formula is C23H18N4O4. The van der Waals surface area contributed by atoms with Gasteiger partial charge in [0.05, 0.1) is 18.2 Å². The smallest absolute Gasteiger partial charge is 0.288 e. The summed E-state index contributed by atoms with van der Waals surface area (Å²) in [4.78, 5) is 26.8. The highest BCUT2D eigenvalue weighted by Gasteiger charge is 2.21. The maximum atomic E-state index is 12.9. The Hall–Kier alpha value is -4.46. The van der Waals surface area contributed by atoms with Crippen molar-refractivity contribution in [2.24, 2.45) is 5.10 Å². The molecule has 0 fully saturated rings. The predicted octanol–water partition coefficient (Wildman–Crippen LogP) is 4.52. The summed E-state index contributed by atoms with van der Waals surface area (Å²) in [6.07, 6.45) is 1.52. The van der Waals surface area contributed by atoms with E-state index in [1.807, 2.05) is 42.5 Å². The minimum Gasteiger partial charge on any atom is -0.497 e. The normalized spacial score (nSPS) is 11.0. The first kappa shape index (κ1) is 19.8. The number of carbonyl (C=O) groups is 1. The van der Waals surface area contributed by atoms with Crippen molar-refractivity contribution in [2.45, 2.75) is 0 Å². The molecule has 154 valence electrons. The first-order valence-electron chi connectivity index (χ1n) is 9.40. The van der Waals surface area contributed by atoms with Crippen molar-refractivity contribution in [3.05, 3.63) is 94.2 Å². The molecule has 1 heterocycles. The molecule has 0 aliphatic carbocycles. The number of carbonyl (C=O) groups excluding carboxylic acids is 1. The third-order valence-electron chi connectivity index (χ3n) is 4.78. The Balaban J connectivity index is 1.69. The molecule has 1 amide bonds. The van der Waals surface area contributed by atoms with E-state index in [1.54, 1.807) is 25.3 Å². The van der Waals surface area contributed by atoms with Crippen LogP contribution in [0.1, 0.15) is 16.1 Å². The fraction of sp³-hybridized carbons (Fsp3) is 0.0435. The van der Waals surface area contributed by atoms with Crippen LogP contribution in [0.4, 0.5) is 5.69 Å². The van der Waals surface area contributed by atoms with Crippen molar-refractivity contribution in [1.29, 1.82) is 0 Å². The Morgan fingerprint density at radius 2 is 1.84 bits per heavy atom. The van der Waals surface area contributed by atoms with Crippen molar-refractivity contribution in [2.75, 3.05) is 7.11 Å². The Morgan fingerprint density at radius 3 is 2.52 bits per heavy atom. The number of fused-ring (bicyclic) bond motifs is 1. The molecule has 4 aromatic rings. The van der Waals surface area contributed by atoms with Crippen LogP contribution < -0.4 is 10.2 Å². The van der Waals surface area contributed by atoms with Crippen LogP contribution in [0.5, 0.6) is 5.75 Å². The fourth-order valence-corrected chi connectivity index (χ4v) is 3.28. The first-order valence-corrected chi connectivity index (χ1v) is 9.40. The van der Waals surface area contributed by atoms with Crippen LogP contribution in [0, 0.1) is 10.1 Å².